The molecule has 0 unspecified atom stereocenters. The van der Waals surface area contributed by atoms with Crippen LogP contribution in [-0.2, 0) is 0 Å². The summed E-state index contributed by atoms with van der Waals surface area (Å²) >= 11 is 0. The lowest BCUT2D eigenvalue weighted by atomic mass is 9.87. The first-order chi connectivity index (χ1) is 7.05. The van der Waals surface area contributed by atoms with Crippen LogP contribution in [0.5, 0.6) is 0 Å². The highest BCUT2D eigenvalue weighted by molar-refractivity contribution is 4.84. The molecule has 1 rings (SSSR count). The van der Waals surface area contributed by atoms with Gasteiger partial charge in [-0.05, 0) is 37.5 Å². The van der Waals surface area contributed by atoms with Crippen LogP contribution in [0, 0.1) is 5.41 Å². The van der Waals surface area contributed by atoms with Gasteiger partial charge in [-0.15, -0.1) is 0 Å². The third-order valence-electron chi connectivity index (χ3n) is 3.33. The standard InChI is InChI=1S/C12H25NO2/c1-12(2,7-4-8-14)9-13-10-5-3-6-11(10)15/h10-11,13-15H,3-9H2,1-2H3/t10-,11-/m1/s1. The topological polar surface area (TPSA) is 52.5 Å². The average molecular weight is 215 g/mol. The van der Waals surface area contributed by atoms with E-state index in [-0.39, 0.29) is 18.1 Å². The fraction of sp³-hybridized carbons (Fsp3) is 1.00. The second kappa shape index (κ2) is 5.83. The molecule has 3 nitrogen and oxygen atoms in total. The van der Waals surface area contributed by atoms with E-state index in [0.717, 1.165) is 38.6 Å². The van der Waals surface area contributed by atoms with Gasteiger partial charge in [0.15, 0.2) is 0 Å². The predicted molar refractivity (Wildman–Crippen MR) is 61.7 cm³/mol. The van der Waals surface area contributed by atoms with Crippen molar-refractivity contribution in [2.75, 3.05) is 13.2 Å². The van der Waals surface area contributed by atoms with Crippen molar-refractivity contribution in [2.45, 2.75) is 58.1 Å². The minimum atomic E-state index is -0.154. The van der Waals surface area contributed by atoms with Gasteiger partial charge in [-0.2, -0.15) is 0 Å². The van der Waals surface area contributed by atoms with Crippen LogP contribution in [-0.4, -0.2) is 35.5 Å². The Hall–Kier alpha value is -0.120. The van der Waals surface area contributed by atoms with Gasteiger partial charge in [-0.25, -0.2) is 0 Å². The molecule has 3 N–H and O–H groups in total. The molecular weight excluding hydrogens is 190 g/mol. The van der Waals surface area contributed by atoms with Crippen molar-refractivity contribution in [2.24, 2.45) is 5.41 Å². The van der Waals surface area contributed by atoms with Crippen molar-refractivity contribution in [3.05, 3.63) is 0 Å². The molecule has 0 spiro atoms. The van der Waals surface area contributed by atoms with Gasteiger partial charge in [0.25, 0.3) is 0 Å². The first kappa shape index (κ1) is 12.9. The van der Waals surface area contributed by atoms with E-state index in [2.05, 4.69) is 19.2 Å². The van der Waals surface area contributed by atoms with Crippen molar-refractivity contribution in [3.8, 4) is 0 Å². The summed E-state index contributed by atoms with van der Waals surface area (Å²) in [6.07, 6.45) is 4.90. The number of rotatable bonds is 6. The van der Waals surface area contributed by atoms with Crippen LogP contribution in [0.3, 0.4) is 0 Å². The van der Waals surface area contributed by atoms with E-state index in [1.807, 2.05) is 0 Å². The van der Waals surface area contributed by atoms with Crippen LogP contribution in [0.2, 0.25) is 0 Å². The number of hydrogen-bond donors (Lipinski definition) is 3. The third kappa shape index (κ3) is 4.49. The molecule has 0 saturated heterocycles. The maximum absolute atomic E-state index is 9.66. The normalized spacial score (nSPS) is 27.2. The Kier molecular flexibility index (Phi) is 5.03. The molecule has 0 amide bonds. The van der Waals surface area contributed by atoms with Crippen LogP contribution in [0.15, 0.2) is 0 Å². The van der Waals surface area contributed by atoms with Gasteiger partial charge in [0.1, 0.15) is 0 Å². The second-order valence-electron chi connectivity index (χ2n) is 5.48. The highest BCUT2D eigenvalue weighted by atomic mass is 16.3. The van der Waals surface area contributed by atoms with Crippen molar-refractivity contribution in [1.82, 2.24) is 5.32 Å². The number of nitrogens with one attached hydrogen (secondary N) is 1. The Bertz CT molecular complexity index is 182. The Balaban J connectivity index is 2.22. The van der Waals surface area contributed by atoms with Gasteiger partial charge in [-0.3, -0.25) is 0 Å². The molecule has 15 heavy (non-hydrogen) atoms. The van der Waals surface area contributed by atoms with Crippen LogP contribution in [0.4, 0.5) is 0 Å². The average Bonchev–Trinajstić information content (AvgIpc) is 2.58. The van der Waals surface area contributed by atoms with Gasteiger partial charge < -0.3 is 15.5 Å². The zero-order valence-electron chi connectivity index (χ0n) is 10.00. The van der Waals surface area contributed by atoms with E-state index in [1.54, 1.807) is 0 Å². The Morgan fingerprint density at radius 1 is 1.33 bits per heavy atom. The van der Waals surface area contributed by atoms with E-state index in [1.165, 1.54) is 0 Å². The van der Waals surface area contributed by atoms with Gasteiger partial charge in [-0.1, -0.05) is 13.8 Å². The molecule has 90 valence electrons. The molecule has 0 radical (unpaired) electrons. The van der Waals surface area contributed by atoms with Gasteiger partial charge in [0.2, 0.25) is 0 Å². The molecule has 2 atom stereocenters. The van der Waals surface area contributed by atoms with Crippen molar-refractivity contribution < 1.29 is 10.2 Å². The number of aliphatic hydroxyl groups excluding tert-OH is 2. The second-order valence-corrected chi connectivity index (χ2v) is 5.48. The van der Waals surface area contributed by atoms with E-state index in [4.69, 9.17) is 5.11 Å². The summed E-state index contributed by atoms with van der Waals surface area (Å²) in [6, 6.07) is 0.290. The van der Waals surface area contributed by atoms with E-state index < -0.39 is 0 Å². The highest BCUT2D eigenvalue weighted by Gasteiger charge is 2.26. The maximum Gasteiger partial charge on any atom is 0.0693 e. The molecule has 0 heterocycles. The summed E-state index contributed by atoms with van der Waals surface area (Å²) in [6.45, 7) is 5.61. The molecule has 0 bridgehead atoms. The minimum Gasteiger partial charge on any atom is -0.396 e. The monoisotopic (exact) mass is 215 g/mol. The molecule has 0 aromatic carbocycles. The fourth-order valence-corrected chi connectivity index (χ4v) is 2.23. The summed E-state index contributed by atoms with van der Waals surface area (Å²) in [5, 5.41) is 21.9. The summed E-state index contributed by atoms with van der Waals surface area (Å²) in [5.74, 6) is 0. The Labute approximate surface area is 92.9 Å². The largest absolute Gasteiger partial charge is 0.396 e. The Morgan fingerprint density at radius 2 is 2.07 bits per heavy atom. The van der Waals surface area contributed by atoms with Gasteiger partial charge >= 0.3 is 0 Å². The van der Waals surface area contributed by atoms with Crippen LogP contribution < -0.4 is 5.32 Å². The molecule has 0 aromatic rings. The fourth-order valence-electron chi connectivity index (χ4n) is 2.23. The third-order valence-corrected chi connectivity index (χ3v) is 3.33. The predicted octanol–water partition coefficient (Wildman–Crippen LogP) is 1.29. The van der Waals surface area contributed by atoms with Crippen molar-refractivity contribution >= 4 is 0 Å². The molecule has 1 fully saturated rings. The quantitative estimate of drug-likeness (QED) is 0.626. The molecule has 3 heteroatoms. The van der Waals surface area contributed by atoms with Crippen molar-refractivity contribution in [1.29, 1.82) is 0 Å². The molecule has 1 aliphatic carbocycles. The van der Waals surface area contributed by atoms with Crippen LogP contribution >= 0.6 is 0 Å². The molecule has 0 aromatic heterocycles. The van der Waals surface area contributed by atoms with Crippen LogP contribution in [0.1, 0.15) is 46.0 Å². The minimum absolute atomic E-state index is 0.154. The van der Waals surface area contributed by atoms with E-state index >= 15 is 0 Å². The number of hydrogen-bond acceptors (Lipinski definition) is 3. The molecular formula is C12H25NO2. The highest BCUT2D eigenvalue weighted by Crippen LogP contribution is 2.24. The summed E-state index contributed by atoms with van der Waals surface area (Å²) < 4.78 is 0. The lowest BCUT2D eigenvalue weighted by Crippen LogP contribution is -2.41. The molecule has 1 aliphatic rings. The van der Waals surface area contributed by atoms with Gasteiger partial charge in [0, 0.05) is 19.2 Å². The first-order valence-electron chi connectivity index (χ1n) is 6.07. The Morgan fingerprint density at radius 3 is 2.60 bits per heavy atom. The zero-order chi connectivity index (χ0) is 11.3. The smallest absolute Gasteiger partial charge is 0.0693 e. The summed E-state index contributed by atoms with van der Waals surface area (Å²) in [5.41, 5.74) is 0.213. The van der Waals surface area contributed by atoms with Crippen molar-refractivity contribution in [3.63, 3.8) is 0 Å². The maximum atomic E-state index is 9.66. The summed E-state index contributed by atoms with van der Waals surface area (Å²) in [7, 11) is 0. The number of aliphatic hydroxyl groups is 2. The first-order valence-corrected chi connectivity index (χ1v) is 6.07. The van der Waals surface area contributed by atoms with Crippen LogP contribution in [0.25, 0.3) is 0 Å². The summed E-state index contributed by atoms with van der Waals surface area (Å²) in [4.78, 5) is 0. The molecule has 0 aliphatic heterocycles. The molecule has 1 saturated carbocycles. The SMILES string of the molecule is CC(C)(CCCO)CN[C@@H]1CCC[C@H]1O. The lowest BCUT2D eigenvalue weighted by molar-refractivity contribution is 0.139. The van der Waals surface area contributed by atoms with E-state index in [0.29, 0.717) is 6.04 Å². The lowest BCUT2D eigenvalue weighted by Gasteiger charge is -2.28. The van der Waals surface area contributed by atoms with E-state index in [9.17, 15) is 5.11 Å². The zero-order valence-corrected chi connectivity index (χ0v) is 10.00. The van der Waals surface area contributed by atoms with Gasteiger partial charge in [0.05, 0.1) is 6.10 Å².